The molecular formula is C14H18F2N2O2. The van der Waals surface area contributed by atoms with Gasteiger partial charge in [-0.05, 0) is 24.8 Å². The second-order valence-electron chi connectivity index (χ2n) is 5.09. The third-order valence-electron chi connectivity index (χ3n) is 3.54. The van der Waals surface area contributed by atoms with Crippen molar-refractivity contribution < 1.29 is 18.3 Å². The van der Waals surface area contributed by atoms with Crippen LogP contribution in [0.3, 0.4) is 0 Å². The third kappa shape index (κ3) is 3.25. The van der Waals surface area contributed by atoms with Crippen LogP contribution in [-0.4, -0.2) is 37.6 Å². The van der Waals surface area contributed by atoms with E-state index in [1.165, 1.54) is 4.90 Å². The minimum atomic E-state index is -0.888. The molecule has 0 aliphatic carbocycles. The first-order valence-electron chi connectivity index (χ1n) is 6.56. The van der Waals surface area contributed by atoms with Crippen molar-refractivity contribution in [3.63, 3.8) is 0 Å². The number of rotatable bonds is 3. The van der Waals surface area contributed by atoms with Gasteiger partial charge in [0, 0.05) is 32.9 Å². The van der Waals surface area contributed by atoms with Crippen molar-refractivity contribution in [2.24, 2.45) is 5.92 Å². The second-order valence-corrected chi connectivity index (χ2v) is 5.09. The van der Waals surface area contributed by atoms with Gasteiger partial charge in [0.1, 0.15) is 11.6 Å². The van der Waals surface area contributed by atoms with Crippen LogP contribution in [-0.2, 0) is 4.74 Å². The predicted octanol–water partition coefficient (Wildman–Crippen LogP) is 2.05. The zero-order chi connectivity index (χ0) is 14.7. The molecule has 2 N–H and O–H groups in total. The standard InChI is InChI=1S/C14H18F2N2O2/c1-18(8-9-2-4-20-5-3-9)14(19)10-6-13(17)12(16)7-11(10)15/h6-7,9H,2-5,8,17H2,1H3. The molecule has 1 heterocycles. The van der Waals surface area contributed by atoms with E-state index in [0.717, 1.165) is 18.9 Å². The zero-order valence-electron chi connectivity index (χ0n) is 11.4. The molecule has 1 fully saturated rings. The summed E-state index contributed by atoms with van der Waals surface area (Å²) in [6.45, 7) is 1.90. The second kappa shape index (κ2) is 6.17. The molecule has 0 bridgehead atoms. The molecule has 1 aliphatic rings. The highest BCUT2D eigenvalue weighted by Gasteiger charge is 2.22. The number of carbonyl (C=O) groups is 1. The lowest BCUT2D eigenvalue weighted by atomic mass is 9.99. The van der Waals surface area contributed by atoms with Crippen LogP contribution in [0.2, 0.25) is 0 Å². The van der Waals surface area contributed by atoms with Gasteiger partial charge in [0.25, 0.3) is 5.91 Å². The summed E-state index contributed by atoms with van der Waals surface area (Å²) < 4.78 is 32.0. The quantitative estimate of drug-likeness (QED) is 0.864. The van der Waals surface area contributed by atoms with E-state index in [1.807, 2.05) is 0 Å². The Labute approximate surface area is 116 Å². The number of anilines is 1. The van der Waals surface area contributed by atoms with Gasteiger partial charge in [-0.2, -0.15) is 0 Å². The van der Waals surface area contributed by atoms with Gasteiger partial charge in [-0.15, -0.1) is 0 Å². The Morgan fingerprint density at radius 2 is 2.00 bits per heavy atom. The average Bonchev–Trinajstić information content (AvgIpc) is 2.43. The lowest BCUT2D eigenvalue weighted by Crippen LogP contribution is -2.34. The number of ether oxygens (including phenoxy) is 1. The Morgan fingerprint density at radius 1 is 1.35 bits per heavy atom. The van der Waals surface area contributed by atoms with Crippen molar-refractivity contribution in [2.75, 3.05) is 32.5 Å². The van der Waals surface area contributed by atoms with E-state index in [1.54, 1.807) is 7.05 Å². The number of benzene rings is 1. The van der Waals surface area contributed by atoms with Gasteiger partial charge in [0.2, 0.25) is 0 Å². The fraction of sp³-hybridized carbons (Fsp3) is 0.500. The van der Waals surface area contributed by atoms with Gasteiger partial charge in [0.05, 0.1) is 11.3 Å². The van der Waals surface area contributed by atoms with Crippen LogP contribution >= 0.6 is 0 Å². The molecule has 6 heteroatoms. The normalized spacial score (nSPS) is 16.1. The molecule has 0 saturated carbocycles. The Kier molecular flexibility index (Phi) is 4.54. The minimum Gasteiger partial charge on any atom is -0.396 e. The van der Waals surface area contributed by atoms with Crippen molar-refractivity contribution in [3.8, 4) is 0 Å². The number of nitrogens with zero attached hydrogens (tertiary/aromatic N) is 1. The van der Waals surface area contributed by atoms with Gasteiger partial charge in [-0.1, -0.05) is 0 Å². The first-order chi connectivity index (χ1) is 9.49. The number of hydrogen-bond acceptors (Lipinski definition) is 3. The predicted molar refractivity (Wildman–Crippen MR) is 71.3 cm³/mol. The van der Waals surface area contributed by atoms with Crippen LogP contribution < -0.4 is 5.73 Å². The average molecular weight is 284 g/mol. The highest BCUT2D eigenvalue weighted by Crippen LogP contribution is 2.20. The van der Waals surface area contributed by atoms with E-state index in [4.69, 9.17) is 10.5 Å². The van der Waals surface area contributed by atoms with E-state index >= 15 is 0 Å². The Hall–Kier alpha value is -1.69. The number of nitrogen functional groups attached to an aromatic ring is 1. The molecule has 1 saturated heterocycles. The summed E-state index contributed by atoms with van der Waals surface area (Å²) in [6, 6.07) is 1.69. The Bertz CT molecular complexity index is 502. The molecule has 0 aromatic heterocycles. The summed E-state index contributed by atoms with van der Waals surface area (Å²) in [7, 11) is 1.61. The fourth-order valence-electron chi connectivity index (χ4n) is 2.33. The first kappa shape index (κ1) is 14.7. The van der Waals surface area contributed by atoms with Gasteiger partial charge in [-0.3, -0.25) is 4.79 Å². The fourth-order valence-corrected chi connectivity index (χ4v) is 2.33. The molecule has 110 valence electrons. The Morgan fingerprint density at radius 3 is 2.65 bits per heavy atom. The van der Waals surface area contributed by atoms with E-state index in [2.05, 4.69) is 0 Å². The van der Waals surface area contributed by atoms with Gasteiger partial charge in [-0.25, -0.2) is 8.78 Å². The summed E-state index contributed by atoms with van der Waals surface area (Å²) >= 11 is 0. The van der Waals surface area contributed by atoms with Crippen molar-refractivity contribution in [1.29, 1.82) is 0 Å². The maximum absolute atomic E-state index is 13.7. The lowest BCUT2D eigenvalue weighted by Gasteiger charge is -2.27. The maximum Gasteiger partial charge on any atom is 0.256 e. The highest BCUT2D eigenvalue weighted by molar-refractivity contribution is 5.95. The molecule has 1 aliphatic heterocycles. The van der Waals surface area contributed by atoms with E-state index in [-0.39, 0.29) is 11.3 Å². The lowest BCUT2D eigenvalue weighted by molar-refractivity contribution is 0.0495. The molecule has 1 aromatic carbocycles. The molecule has 1 aromatic rings. The van der Waals surface area contributed by atoms with Crippen LogP contribution in [0.15, 0.2) is 12.1 Å². The first-order valence-corrected chi connectivity index (χ1v) is 6.56. The number of nitrogens with two attached hydrogens (primary N) is 1. The SMILES string of the molecule is CN(CC1CCOCC1)C(=O)c1cc(N)c(F)cc1F. The van der Waals surface area contributed by atoms with Crippen molar-refractivity contribution in [2.45, 2.75) is 12.8 Å². The number of carbonyl (C=O) groups excluding carboxylic acids is 1. The molecule has 0 radical (unpaired) electrons. The van der Waals surface area contributed by atoms with E-state index in [0.29, 0.717) is 31.7 Å². The zero-order valence-corrected chi connectivity index (χ0v) is 11.4. The van der Waals surface area contributed by atoms with Crippen LogP contribution in [0.25, 0.3) is 0 Å². The van der Waals surface area contributed by atoms with Crippen molar-refractivity contribution in [3.05, 3.63) is 29.3 Å². The molecule has 4 nitrogen and oxygen atoms in total. The smallest absolute Gasteiger partial charge is 0.256 e. The van der Waals surface area contributed by atoms with Crippen LogP contribution in [0.1, 0.15) is 23.2 Å². The van der Waals surface area contributed by atoms with Crippen molar-refractivity contribution in [1.82, 2.24) is 4.90 Å². The molecule has 0 atom stereocenters. The van der Waals surface area contributed by atoms with E-state index in [9.17, 15) is 13.6 Å². The summed E-state index contributed by atoms with van der Waals surface area (Å²) in [5, 5.41) is 0. The van der Waals surface area contributed by atoms with E-state index < -0.39 is 17.5 Å². The van der Waals surface area contributed by atoms with Gasteiger partial charge >= 0.3 is 0 Å². The number of amides is 1. The summed E-state index contributed by atoms with van der Waals surface area (Å²) in [4.78, 5) is 13.6. The Balaban J connectivity index is 2.08. The molecule has 1 amide bonds. The maximum atomic E-state index is 13.7. The van der Waals surface area contributed by atoms with Crippen LogP contribution in [0, 0.1) is 17.6 Å². The molecule has 0 unspecified atom stereocenters. The molecule has 2 rings (SSSR count). The summed E-state index contributed by atoms with van der Waals surface area (Å²) in [5.41, 5.74) is 4.96. The summed E-state index contributed by atoms with van der Waals surface area (Å²) in [6.07, 6.45) is 1.76. The van der Waals surface area contributed by atoms with Gasteiger partial charge in [0.15, 0.2) is 0 Å². The highest BCUT2D eigenvalue weighted by atomic mass is 19.1. The topological polar surface area (TPSA) is 55.6 Å². The molecular weight excluding hydrogens is 266 g/mol. The van der Waals surface area contributed by atoms with Crippen LogP contribution in [0.5, 0.6) is 0 Å². The monoisotopic (exact) mass is 284 g/mol. The van der Waals surface area contributed by atoms with Gasteiger partial charge < -0.3 is 15.4 Å². The summed E-state index contributed by atoms with van der Waals surface area (Å²) in [5.74, 6) is -1.88. The third-order valence-corrected chi connectivity index (χ3v) is 3.54. The van der Waals surface area contributed by atoms with Crippen LogP contribution in [0.4, 0.5) is 14.5 Å². The minimum absolute atomic E-state index is 0.196. The number of halogens is 2. The molecule has 20 heavy (non-hydrogen) atoms. The largest absolute Gasteiger partial charge is 0.396 e. The van der Waals surface area contributed by atoms with Crippen molar-refractivity contribution >= 4 is 11.6 Å². The number of hydrogen-bond donors (Lipinski definition) is 1. The molecule has 0 spiro atoms.